The normalized spacial score (nSPS) is 12.3. The van der Waals surface area contributed by atoms with Crippen LogP contribution < -0.4 is 10.0 Å². The lowest BCUT2D eigenvalue weighted by Crippen LogP contribution is -2.45. The summed E-state index contributed by atoms with van der Waals surface area (Å²) in [6.45, 7) is 0. The number of benzene rings is 3. The summed E-state index contributed by atoms with van der Waals surface area (Å²) in [5.41, 5.74) is 1.86. The van der Waals surface area contributed by atoms with Crippen molar-refractivity contribution < 1.29 is 17.6 Å². The summed E-state index contributed by atoms with van der Waals surface area (Å²) in [5.74, 6) is -1.49. The van der Waals surface area contributed by atoms with Gasteiger partial charge in [-0.3, -0.25) is 4.79 Å². The summed E-state index contributed by atoms with van der Waals surface area (Å²) in [7, 11) is -4.30. The number of carbonyl (C=O) groups is 1. The molecule has 0 spiro atoms. The number of nitrogens with zero attached hydrogens (tertiary/aromatic N) is 4. The second kappa shape index (κ2) is 9.67. The van der Waals surface area contributed by atoms with Crippen LogP contribution in [0.25, 0.3) is 5.69 Å². The first-order valence-corrected chi connectivity index (χ1v) is 11.4. The number of tetrazole rings is 1. The van der Waals surface area contributed by atoms with E-state index in [9.17, 15) is 17.6 Å². The zero-order valence-electron chi connectivity index (χ0n) is 17.2. The second-order valence-corrected chi connectivity index (χ2v) is 8.77. The van der Waals surface area contributed by atoms with E-state index >= 15 is 0 Å². The van der Waals surface area contributed by atoms with Gasteiger partial charge >= 0.3 is 0 Å². The number of hydrogen-bond donors (Lipinski definition) is 2. The zero-order valence-corrected chi connectivity index (χ0v) is 18.0. The molecule has 0 radical (unpaired) electrons. The Morgan fingerprint density at radius 2 is 1.67 bits per heavy atom. The van der Waals surface area contributed by atoms with E-state index in [4.69, 9.17) is 0 Å². The molecule has 0 aliphatic carbocycles. The van der Waals surface area contributed by atoms with Gasteiger partial charge in [0.15, 0.2) is 0 Å². The molecule has 33 heavy (non-hydrogen) atoms. The van der Waals surface area contributed by atoms with Crippen molar-refractivity contribution in [2.75, 3.05) is 5.32 Å². The minimum absolute atomic E-state index is 0.0725. The molecule has 0 saturated heterocycles. The molecular weight excluding hydrogens is 447 g/mol. The van der Waals surface area contributed by atoms with Crippen molar-refractivity contribution in [1.82, 2.24) is 24.9 Å². The Hall–Kier alpha value is -3.96. The van der Waals surface area contributed by atoms with Crippen molar-refractivity contribution in [1.29, 1.82) is 0 Å². The third-order valence-electron chi connectivity index (χ3n) is 4.77. The molecular formula is C22H19FN6O3S. The van der Waals surface area contributed by atoms with Gasteiger partial charge in [-0.2, -0.15) is 4.72 Å². The van der Waals surface area contributed by atoms with Gasteiger partial charge in [0.1, 0.15) is 23.1 Å². The van der Waals surface area contributed by atoms with Crippen molar-refractivity contribution >= 4 is 21.6 Å². The summed E-state index contributed by atoms with van der Waals surface area (Å²) in [6.07, 6.45) is 1.50. The molecule has 2 N–H and O–H groups in total. The Balaban J connectivity index is 1.56. The largest absolute Gasteiger partial charge is 0.325 e. The molecule has 1 heterocycles. The van der Waals surface area contributed by atoms with Gasteiger partial charge in [0.2, 0.25) is 15.9 Å². The number of carbonyl (C=O) groups excluding carboxylic acids is 1. The van der Waals surface area contributed by atoms with Gasteiger partial charge in [0, 0.05) is 5.69 Å². The van der Waals surface area contributed by atoms with Crippen LogP contribution in [0.2, 0.25) is 0 Å². The zero-order chi connectivity index (χ0) is 23.3. The highest BCUT2D eigenvalue weighted by Gasteiger charge is 2.28. The molecule has 3 aromatic carbocycles. The molecule has 1 atom stereocenters. The number of nitrogens with one attached hydrogen (secondary N) is 2. The highest BCUT2D eigenvalue weighted by atomic mass is 32.2. The lowest BCUT2D eigenvalue weighted by Gasteiger charge is -2.19. The maximum absolute atomic E-state index is 14.1. The van der Waals surface area contributed by atoms with Crippen LogP contribution >= 0.6 is 0 Å². The Morgan fingerprint density at radius 3 is 2.33 bits per heavy atom. The maximum Gasteiger partial charge on any atom is 0.244 e. The van der Waals surface area contributed by atoms with Crippen LogP contribution in [0.1, 0.15) is 5.56 Å². The number of aromatic nitrogens is 4. The molecule has 0 aliphatic heterocycles. The van der Waals surface area contributed by atoms with Crippen molar-refractivity contribution in [2.45, 2.75) is 17.4 Å². The predicted molar refractivity (Wildman–Crippen MR) is 118 cm³/mol. The van der Waals surface area contributed by atoms with Crippen LogP contribution in [0.5, 0.6) is 0 Å². The standard InChI is InChI=1S/C22H19FN6O3S/c23-19-8-4-5-9-21(19)33(31,32)26-20(14-16-6-2-1-3-7-16)22(30)25-17-10-12-18(13-11-17)29-15-24-27-28-29/h1-13,15,20,26H,14H2,(H,25,30). The molecule has 1 aromatic heterocycles. The molecule has 0 aliphatic rings. The van der Waals surface area contributed by atoms with E-state index in [1.807, 2.05) is 6.07 Å². The average molecular weight is 466 g/mol. The van der Waals surface area contributed by atoms with Gasteiger partial charge in [0.05, 0.1) is 5.69 Å². The van der Waals surface area contributed by atoms with Crippen LogP contribution in [-0.2, 0) is 21.2 Å². The minimum atomic E-state index is -4.30. The Morgan fingerprint density at radius 1 is 0.970 bits per heavy atom. The first-order valence-electron chi connectivity index (χ1n) is 9.87. The first kappa shape index (κ1) is 22.2. The second-order valence-electron chi connectivity index (χ2n) is 7.08. The molecule has 0 bridgehead atoms. The molecule has 0 saturated carbocycles. The molecule has 0 fully saturated rings. The SMILES string of the molecule is O=C(Nc1ccc(-n2cnnn2)cc1)C(Cc1ccccc1)NS(=O)(=O)c1ccccc1F. The molecule has 4 aromatic rings. The summed E-state index contributed by atoms with van der Waals surface area (Å²) in [6, 6.07) is 19.4. The van der Waals surface area contributed by atoms with E-state index in [1.165, 1.54) is 23.1 Å². The number of halogens is 1. The number of sulfonamides is 1. The molecule has 9 nitrogen and oxygen atoms in total. The predicted octanol–water partition coefficient (Wildman–Crippen LogP) is 2.33. The quantitative estimate of drug-likeness (QED) is 0.411. The van der Waals surface area contributed by atoms with Crippen molar-refractivity contribution in [2.24, 2.45) is 0 Å². The van der Waals surface area contributed by atoms with Gasteiger partial charge in [-0.15, -0.1) is 5.10 Å². The summed E-state index contributed by atoms with van der Waals surface area (Å²) in [4.78, 5) is 12.5. The van der Waals surface area contributed by atoms with E-state index in [0.29, 0.717) is 11.4 Å². The third-order valence-corrected chi connectivity index (χ3v) is 6.28. The van der Waals surface area contributed by atoms with E-state index < -0.39 is 32.7 Å². The van der Waals surface area contributed by atoms with Crippen LogP contribution in [0.3, 0.4) is 0 Å². The number of rotatable bonds is 8. The fourth-order valence-corrected chi connectivity index (χ4v) is 4.43. The molecule has 1 unspecified atom stereocenters. The van der Waals surface area contributed by atoms with Gasteiger partial charge < -0.3 is 5.32 Å². The average Bonchev–Trinajstić information content (AvgIpc) is 3.35. The summed E-state index contributed by atoms with van der Waals surface area (Å²) in [5, 5.41) is 13.6. The monoisotopic (exact) mass is 466 g/mol. The fraction of sp³-hybridized carbons (Fsp3) is 0.0909. The van der Waals surface area contributed by atoms with Crippen LogP contribution in [0.15, 0.2) is 90.1 Å². The molecule has 168 valence electrons. The first-order chi connectivity index (χ1) is 15.9. The molecule has 1 amide bonds. The van der Waals surface area contributed by atoms with Gasteiger partial charge in [-0.05, 0) is 58.8 Å². The lowest BCUT2D eigenvalue weighted by atomic mass is 10.1. The fourth-order valence-electron chi connectivity index (χ4n) is 3.16. The highest BCUT2D eigenvalue weighted by Crippen LogP contribution is 2.17. The Kier molecular flexibility index (Phi) is 6.52. The van der Waals surface area contributed by atoms with Gasteiger partial charge in [0.25, 0.3) is 0 Å². The number of hydrogen-bond acceptors (Lipinski definition) is 6. The van der Waals surface area contributed by atoms with Gasteiger partial charge in [-0.25, -0.2) is 17.5 Å². The highest BCUT2D eigenvalue weighted by molar-refractivity contribution is 7.89. The van der Waals surface area contributed by atoms with Gasteiger partial charge in [-0.1, -0.05) is 42.5 Å². The van der Waals surface area contributed by atoms with E-state index in [-0.39, 0.29) is 6.42 Å². The minimum Gasteiger partial charge on any atom is -0.325 e. The van der Waals surface area contributed by atoms with E-state index in [1.54, 1.807) is 48.5 Å². The molecule has 11 heteroatoms. The Bertz CT molecular complexity index is 1330. The van der Waals surface area contributed by atoms with Crippen molar-refractivity contribution in [3.63, 3.8) is 0 Å². The Labute approximate surface area is 189 Å². The number of anilines is 1. The van der Waals surface area contributed by atoms with E-state index in [0.717, 1.165) is 17.7 Å². The van der Waals surface area contributed by atoms with Crippen molar-refractivity contribution in [3.8, 4) is 5.69 Å². The van der Waals surface area contributed by atoms with Crippen molar-refractivity contribution in [3.05, 3.63) is 96.6 Å². The summed E-state index contributed by atoms with van der Waals surface area (Å²) < 4.78 is 43.6. The van der Waals surface area contributed by atoms with Crippen LogP contribution in [0.4, 0.5) is 10.1 Å². The number of amides is 1. The maximum atomic E-state index is 14.1. The lowest BCUT2D eigenvalue weighted by molar-refractivity contribution is -0.117. The van der Waals surface area contributed by atoms with Crippen LogP contribution in [0, 0.1) is 5.82 Å². The third kappa shape index (κ3) is 5.45. The molecule has 4 rings (SSSR count). The van der Waals surface area contributed by atoms with E-state index in [2.05, 4.69) is 25.6 Å². The summed E-state index contributed by atoms with van der Waals surface area (Å²) >= 11 is 0. The van der Waals surface area contributed by atoms with Crippen LogP contribution in [-0.4, -0.2) is 40.6 Å². The topological polar surface area (TPSA) is 119 Å². The smallest absolute Gasteiger partial charge is 0.244 e.